The van der Waals surface area contributed by atoms with Crippen LogP contribution in [0.4, 0.5) is 20.2 Å². The molecule has 0 saturated heterocycles. The van der Waals surface area contributed by atoms with Gasteiger partial charge in [-0.15, -0.1) is 0 Å². The van der Waals surface area contributed by atoms with E-state index in [1.54, 1.807) is 13.4 Å². The van der Waals surface area contributed by atoms with Crippen LogP contribution in [0.2, 0.25) is 0 Å². The number of benzene rings is 2. The summed E-state index contributed by atoms with van der Waals surface area (Å²) >= 11 is 0. The molecule has 6 heteroatoms. The summed E-state index contributed by atoms with van der Waals surface area (Å²) in [6, 6.07) is 6.91. The SMILES string of the molecule is CCN(C)/C=N\c1cc(C)c(C(=O)CN(C)c2cc(F)cc(F)c2)cc1C. The van der Waals surface area contributed by atoms with E-state index >= 15 is 0 Å². The van der Waals surface area contributed by atoms with Crippen molar-refractivity contribution in [1.82, 2.24) is 4.90 Å². The fraction of sp³-hybridized carbons (Fsp3) is 0.333. The lowest BCUT2D eigenvalue weighted by molar-refractivity contribution is 0.0999. The first-order valence-corrected chi connectivity index (χ1v) is 8.77. The number of aliphatic imine (C=N–C) groups is 1. The van der Waals surface area contributed by atoms with Crippen molar-refractivity contribution >= 4 is 23.5 Å². The van der Waals surface area contributed by atoms with Crippen LogP contribution in [0.25, 0.3) is 0 Å². The van der Waals surface area contributed by atoms with Crippen molar-refractivity contribution in [3.05, 3.63) is 58.7 Å². The maximum atomic E-state index is 13.4. The smallest absolute Gasteiger partial charge is 0.182 e. The van der Waals surface area contributed by atoms with Crippen LogP contribution in [-0.2, 0) is 0 Å². The summed E-state index contributed by atoms with van der Waals surface area (Å²) in [6.07, 6.45) is 1.76. The summed E-state index contributed by atoms with van der Waals surface area (Å²) in [4.78, 5) is 20.7. The Morgan fingerprint density at radius 1 is 1.04 bits per heavy atom. The summed E-state index contributed by atoms with van der Waals surface area (Å²) < 4.78 is 26.8. The van der Waals surface area contributed by atoms with Gasteiger partial charge in [0.1, 0.15) is 11.6 Å². The van der Waals surface area contributed by atoms with Gasteiger partial charge in [0, 0.05) is 38.0 Å². The number of carbonyl (C=O) groups excluding carboxylic acids is 1. The third-order valence-electron chi connectivity index (χ3n) is 4.40. The van der Waals surface area contributed by atoms with Gasteiger partial charge in [-0.2, -0.15) is 0 Å². The number of likely N-dealkylation sites (N-methyl/N-ethyl adjacent to an activating group) is 1. The molecule has 27 heavy (non-hydrogen) atoms. The van der Waals surface area contributed by atoms with E-state index in [2.05, 4.69) is 4.99 Å². The molecule has 0 heterocycles. The van der Waals surface area contributed by atoms with Crippen LogP contribution in [0.3, 0.4) is 0 Å². The van der Waals surface area contributed by atoms with E-state index in [0.29, 0.717) is 11.3 Å². The largest absolute Gasteiger partial charge is 0.367 e. The van der Waals surface area contributed by atoms with Crippen LogP contribution in [0.5, 0.6) is 0 Å². The first-order valence-electron chi connectivity index (χ1n) is 8.77. The second-order valence-electron chi connectivity index (χ2n) is 6.68. The first-order chi connectivity index (χ1) is 12.7. The Kier molecular flexibility index (Phi) is 6.66. The minimum atomic E-state index is -0.671. The Morgan fingerprint density at radius 3 is 2.26 bits per heavy atom. The quantitative estimate of drug-likeness (QED) is 0.407. The lowest BCUT2D eigenvalue weighted by Gasteiger charge is -2.19. The zero-order valence-corrected chi connectivity index (χ0v) is 16.4. The van der Waals surface area contributed by atoms with Crippen LogP contribution >= 0.6 is 0 Å². The molecule has 0 spiro atoms. The van der Waals surface area contributed by atoms with Gasteiger partial charge >= 0.3 is 0 Å². The van der Waals surface area contributed by atoms with E-state index in [-0.39, 0.29) is 12.3 Å². The Bertz CT molecular complexity index is 844. The van der Waals surface area contributed by atoms with Gasteiger partial charge < -0.3 is 9.80 Å². The topological polar surface area (TPSA) is 35.9 Å². The number of anilines is 1. The highest BCUT2D eigenvalue weighted by atomic mass is 19.1. The van der Waals surface area contributed by atoms with Crippen LogP contribution in [-0.4, -0.2) is 44.2 Å². The molecule has 4 nitrogen and oxygen atoms in total. The van der Waals surface area contributed by atoms with Gasteiger partial charge in [0.05, 0.1) is 18.6 Å². The number of ketones is 1. The Balaban J connectivity index is 2.21. The van der Waals surface area contributed by atoms with Crippen LogP contribution in [0, 0.1) is 25.5 Å². The van der Waals surface area contributed by atoms with Crippen molar-refractivity contribution in [2.75, 3.05) is 32.1 Å². The fourth-order valence-corrected chi connectivity index (χ4v) is 2.63. The standard InChI is InChI=1S/C21H25F2N3O/c1-6-25(4)13-24-20-8-14(2)19(7-15(20)3)21(27)12-26(5)18-10-16(22)9-17(23)11-18/h7-11,13H,6,12H2,1-5H3/b24-13-. The predicted octanol–water partition coefficient (Wildman–Crippen LogP) is 4.51. The molecule has 0 unspecified atom stereocenters. The fourth-order valence-electron chi connectivity index (χ4n) is 2.63. The first kappa shape index (κ1) is 20.6. The summed E-state index contributed by atoms with van der Waals surface area (Å²) in [6.45, 7) is 6.67. The number of halogens is 2. The van der Waals surface area contributed by atoms with Crippen molar-refractivity contribution in [3.63, 3.8) is 0 Å². The van der Waals surface area contributed by atoms with E-state index in [0.717, 1.165) is 29.4 Å². The maximum absolute atomic E-state index is 13.4. The molecule has 0 amide bonds. The molecule has 0 fully saturated rings. The number of rotatable bonds is 7. The van der Waals surface area contributed by atoms with E-state index in [9.17, 15) is 13.6 Å². The van der Waals surface area contributed by atoms with Gasteiger partial charge in [0.15, 0.2) is 5.78 Å². The molecule has 2 aromatic rings. The Hall–Kier alpha value is -2.76. The van der Waals surface area contributed by atoms with E-state index in [4.69, 9.17) is 0 Å². The van der Waals surface area contributed by atoms with E-state index in [1.165, 1.54) is 17.0 Å². The van der Waals surface area contributed by atoms with Gasteiger partial charge in [0.25, 0.3) is 0 Å². The number of hydrogen-bond donors (Lipinski definition) is 0. The average Bonchev–Trinajstić information content (AvgIpc) is 2.60. The van der Waals surface area contributed by atoms with E-state index in [1.807, 2.05) is 44.9 Å². The average molecular weight is 373 g/mol. The molecular weight excluding hydrogens is 348 g/mol. The highest BCUT2D eigenvalue weighted by Gasteiger charge is 2.15. The van der Waals surface area contributed by atoms with Gasteiger partial charge in [0.2, 0.25) is 0 Å². The number of nitrogens with zero attached hydrogens (tertiary/aromatic N) is 3. The molecule has 2 aromatic carbocycles. The van der Waals surface area contributed by atoms with Crippen molar-refractivity contribution < 1.29 is 13.6 Å². The highest BCUT2D eigenvalue weighted by Crippen LogP contribution is 2.24. The van der Waals surface area contributed by atoms with Gasteiger partial charge in [-0.05, 0) is 56.2 Å². The lowest BCUT2D eigenvalue weighted by atomic mass is 10.00. The second kappa shape index (κ2) is 8.75. The molecular formula is C21H25F2N3O. The predicted molar refractivity (Wildman–Crippen MR) is 106 cm³/mol. The maximum Gasteiger partial charge on any atom is 0.182 e. The van der Waals surface area contributed by atoms with Gasteiger partial charge in [-0.1, -0.05) is 0 Å². The van der Waals surface area contributed by atoms with Crippen molar-refractivity contribution in [2.24, 2.45) is 4.99 Å². The van der Waals surface area contributed by atoms with Gasteiger partial charge in [-0.3, -0.25) is 4.79 Å². The third kappa shape index (κ3) is 5.36. The molecule has 0 aliphatic carbocycles. The summed E-state index contributed by atoms with van der Waals surface area (Å²) in [5, 5.41) is 0. The molecule has 0 radical (unpaired) electrons. The summed E-state index contributed by atoms with van der Waals surface area (Å²) in [7, 11) is 3.57. The van der Waals surface area contributed by atoms with Crippen molar-refractivity contribution in [3.8, 4) is 0 Å². The summed E-state index contributed by atoms with van der Waals surface area (Å²) in [5.41, 5.74) is 3.42. The minimum absolute atomic E-state index is 0.0182. The molecule has 2 rings (SSSR count). The van der Waals surface area contributed by atoms with Crippen molar-refractivity contribution in [2.45, 2.75) is 20.8 Å². The molecule has 0 bridgehead atoms. The minimum Gasteiger partial charge on any atom is -0.367 e. The molecule has 0 aromatic heterocycles. The van der Waals surface area contributed by atoms with E-state index < -0.39 is 11.6 Å². The van der Waals surface area contributed by atoms with Crippen LogP contribution in [0.15, 0.2) is 35.3 Å². The lowest BCUT2D eigenvalue weighted by Crippen LogP contribution is -2.26. The normalized spacial score (nSPS) is 11.1. The number of Topliss-reactive ketones (excluding diaryl/α,β-unsaturated/α-hetero) is 1. The molecule has 0 atom stereocenters. The molecule has 0 saturated carbocycles. The monoisotopic (exact) mass is 373 g/mol. The number of aryl methyl sites for hydroxylation is 2. The van der Waals surface area contributed by atoms with Gasteiger partial charge in [-0.25, -0.2) is 13.8 Å². The number of hydrogen-bond acceptors (Lipinski definition) is 3. The highest BCUT2D eigenvalue weighted by molar-refractivity contribution is 6.01. The number of carbonyl (C=O) groups is 1. The summed E-state index contributed by atoms with van der Waals surface area (Å²) in [5.74, 6) is -1.46. The zero-order valence-electron chi connectivity index (χ0n) is 16.4. The third-order valence-corrected chi connectivity index (χ3v) is 4.40. The second-order valence-corrected chi connectivity index (χ2v) is 6.68. The zero-order chi connectivity index (χ0) is 20.1. The molecule has 144 valence electrons. The Morgan fingerprint density at radius 2 is 1.67 bits per heavy atom. The van der Waals surface area contributed by atoms with Crippen LogP contribution in [0.1, 0.15) is 28.4 Å². The molecule has 0 aliphatic rings. The Labute approximate surface area is 159 Å². The molecule has 0 aliphatic heterocycles. The molecule has 0 N–H and O–H groups in total. The van der Waals surface area contributed by atoms with Crippen molar-refractivity contribution in [1.29, 1.82) is 0 Å². The van der Waals surface area contributed by atoms with Crippen LogP contribution < -0.4 is 4.90 Å².